The number of nitrogens with two attached hydrogens (primary N) is 1. The van der Waals surface area contributed by atoms with Crippen LogP contribution in [0.1, 0.15) is 12.8 Å². The highest BCUT2D eigenvalue weighted by Crippen LogP contribution is 2.34. The van der Waals surface area contributed by atoms with Gasteiger partial charge in [-0.3, -0.25) is 0 Å². The van der Waals surface area contributed by atoms with E-state index in [0.29, 0.717) is 12.2 Å². The predicted molar refractivity (Wildman–Crippen MR) is 74.1 cm³/mol. The Kier molecular flexibility index (Phi) is 2.25. The lowest BCUT2D eigenvalue weighted by molar-refractivity contribution is 0.0305. The van der Waals surface area contributed by atoms with Crippen molar-refractivity contribution in [3.63, 3.8) is 0 Å². The van der Waals surface area contributed by atoms with Crippen LogP contribution < -0.4 is 10.6 Å². The summed E-state index contributed by atoms with van der Waals surface area (Å²) in [5, 5.41) is 1.11. The Morgan fingerprint density at radius 3 is 2.83 bits per heavy atom. The normalized spacial score (nSPS) is 27.0. The lowest BCUT2D eigenvalue weighted by Crippen LogP contribution is -2.42. The maximum Gasteiger partial charge on any atom is 0.186 e. The van der Waals surface area contributed by atoms with E-state index in [4.69, 9.17) is 15.5 Å². The van der Waals surface area contributed by atoms with Gasteiger partial charge in [0.2, 0.25) is 0 Å². The molecule has 2 aliphatic heterocycles. The summed E-state index contributed by atoms with van der Waals surface area (Å²) in [6.45, 7) is 1.96. The van der Waals surface area contributed by atoms with Gasteiger partial charge in [0.05, 0.1) is 22.4 Å². The van der Waals surface area contributed by atoms with Gasteiger partial charge in [-0.15, -0.1) is 0 Å². The number of anilines is 2. The minimum Gasteiger partial charge on any atom is -0.399 e. The summed E-state index contributed by atoms with van der Waals surface area (Å²) in [6.07, 6.45) is 3.19. The van der Waals surface area contributed by atoms with Crippen LogP contribution in [0.3, 0.4) is 0 Å². The Hall–Kier alpha value is -1.33. The van der Waals surface area contributed by atoms with Crippen LogP contribution in [-0.4, -0.2) is 30.3 Å². The van der Waals surface area contributed by atoms with Gasteiger partial charge in [-0.1, -0.05) is 11.3 Å². The van der Waals surface area contributed by atoms with Gasteiger partial charge < -0.3 is 15.4 Å². The van der Waals surface area contributed by atoms with Crippen molar-refractivity contribution in [2.24, 2.45) is 0 Å². The number of thiazole rings is 1. The SMILES string of the molecule is Nc1ccc2nc(N3CC4CCC(C3)O4)sc2c1. The van der Waals surface area contributed by atoms with Crippen molar-refractivity contribution in [1.82, 2.24) is 4.98 Å². The molecule has 18 heavy (non-hydrogen) atoms. The zero-order valence-electron chi connectivity index (χ0n) is 10.0. The number of aromatic nitrogens is 1. The Morgan fingerprint density at radius 1 is 1.28 bits per heavy atom. The Morgan fingerprint density at radius 2 is 2.06 bits per heavy atom. The second-order valence-electron chi connectivity index (χ2n) is 5.09. The number of rotatable bonds is 1. The van der Waals surface area contributed by atoms with E-state index in [1.165, 1.54) is 17.5 Å². The first-order valence-corrected chi connectivity index (χ1v) is 7.16. The molecule has 0 spiro atoms. The average Bonchev–Trinajstić information content (AvgIpc) is 2.92. The number of nitrogen functional groups attached to an aromatic ring is 1. The maximum atomic E-state index is 5.86. The van der Waals surface area contributed by atoms with Crippen LogP contribution in [0.5, 0.6) is 0 Å². The summed E-state index contributed by atoms with van der Waals surface area (Å²) < 4.78 is 7.03. The molecular formula is C13H15N3OS. The van der Waals surface area contributed by atoms with E-state index >= 15 is 0 Å². The molecule has 2 fully saturated rings. The molecule has 94 valence electrons. The highest BCUT2D eigenvalue weighted by molar-refractivity contribution is 7.22. The molecule has 5 heteroatoms. The van der Waals surface area contributed by atoms with E-state index in [-0.39, 0.29) is 0 Å². The Bertz CT molecular complexity index is 585. The van der Waals surface area contributed by atoms with E-state index in [9.17, 15) is 0 Å². The highest BCUT2D eigenvalue weighted by atomic mass is 32.1. The molecule has 2 saturated heterocycles. The van der Waals surface area contributed by atoms with Crippen molar-refractivity contribution >= 4 is 32.4 Å². The summed E-state index contributed by atoms with van der Waals surface area (Å²) in [5.41, 5.74) is 7.66. The molecule has 1 aromatic carbocycles. The average molecular weight is 261 g/mol. The molecule has 0 aliphatic carbocycles. The zero-order chi connectivity index (χ0) is 12.1. The van der Waals surface area contributed by atoms with Crippen LogP contribution in [0, 0.1) is 0 Å². The second-order valence-corrected chi connectivity index (χ2v) is 6.10. The quantitative estimate of drug-likeness (QED) is 0.800. The van der Waals surface area contributed by atoms with Crippen LogP contribution in [0.4, 0.5) is 10.8 Å². The number of ether oxygens (including phenoxy) is 1. The van der Waals surface area contributed by atoms with Gasteiger partial charge >= 0.3 is 0 Å². The van der Waals surface area contributed by atoms with E-state index < -0.39 is 0 Å². The Labute approximate surface area is 109 Å². The molecule has 3 heterocycles. The van der Waals surface area contributed by atoms with Crippen molar-refractivity contribution in [3.8, 4) is 0 Å². The van der Waals surface area contributed by atoms with Gasteiger partial charge in [-0.25, -0.2) is 4.98 Å². The molecule has 2 aromatic rings. The molecular weight excluding hydrogens is 246 g/mol. The number of nitrogens with zero attached hydrogens (tertiary/aromatic N) is 2. The van der Waals surface area contributed by atoms with E-state index in [2.05, 4.69) is 4.90 Å². The third-order valence-electron chi connectivity index (χ3n) is 3.72. The third kappa shape index (κ3) is 1.66. The van der Waals surface area contributed by atoms with Gasteiger partial charge in [-0.05, 0) is 31.0 Å². The highest BCUT2D eigenvalue weighted by Gasteiger charge is 2.34. The number of morpholine rings is 1. The maximum absolute atomic E-state index is 5.86. The molecule has 0 amide bonds. The predicted octanol–water partition coefficient (Wildman–Crippen LogP) is 2.25. The smallest absolute Gasteiger partial charge is 0.186 e. The lowest BCUT2D eigenvalue weighted by Gasteiger charge is -2.31. The van der Waals surface area contributed by atoms with Gasteiger partial charge in [-0.2, -0.15) is 0 Å². The molecule has 4 nitrogen and oxygen atoms in total. The van der Waals surface area contributed by atoms with Crippen LogP contribution >= 0.6 is 11.3 Å². The molecule has 2 bridgehead atoms. The van der Waals surface area contributed by atoms with Crippen LogP contribution in [0.2, 0.25) is 0 Å². The number of benzene rings is 1. The van der Waals surface area contributed by atoms with Crippen molar-refractivity contribution in [3.05, 3.63) is 18.2 Å². The summed E-state index contributed by atoms with van der Waals surface area (Å²) in [6, 6.07) is 5.92. The topological polar surface area (TPSA) is 51.4 Å². The summed E-state index contributed by atoms with van der Waals surface area (Å²) >= 11 is 1.73. The molecule has 2 unspecified atom stereocenters. The van der Waals surface area contributed by atoms with E-state index in [0.717, 1.165) is 29.4 Å². The number of fused-ring (bicyclic) bond motifs is 3. The van der Waals surface area contributed by atoms with Gasteiger partial charge in [0.15, 0.2) is 5.13 Å². The molecule has 1 aromatic heterocycles. The molecule has 2 atom stereocenters. The van der Waals surface area contributed by atoms with Gasteiger partial charge in [0.25, 0.3) is 0 Å². The molecule has 4 rings (SSSR count). The minimum absolute atomic E-state index is 0.404. The van der Waals surface area contributed by atoms with E-state index in [1.54, 1.807) is 11.3 Å². The van der Waals surface area contributed by atoms with Gasteiger partial charge in [0, 0.05) is 18.8 Å². The standard InChI is InChI=1S/C13H15N3OS/c14-8-1-4-11-12(5-8)18-13(15-11)16-6-9-2-3-10(7-16)17-9/h1,4-5,9-10H,2-3,6-7,14H2. The fourth-order valence-electron chi connectivity index (χ4n) is 2.84. The summed E-state index contributed by atoms with van der Waals surface area (Å²) in [5.74, 6) is 0. The van der Waals surface area contributed by atoms with Crippen LogP contribution in [0.25, 0.3) is 10.2 Å². The van der Waals surface area contributed by atoms with Crippen molar-refractivity contribution in [2.75, 3.05) is 23.7 Å². The lowest BCUT2D eigenvalue weighted by atomic mass is 10.2. The Balaban J connectivity index is 1.70. The first-order valence-electron chi connectivity index (χ1n) is 6.34. The van der Waals surface area contributed by atoms with E-state index in [1.807, 2.05) is 18.2 Å². The van der Waals surface area contributed by atoms with Crippen LogP contribution in [-0.2, 0) is 4.74 Å². The number of hydrogen-bond donors (Lipinski definition) is 1. The van der Waals surface area contributed by atoms with Crippen molar-refractivity contribution in [2.45, 2.75) is 25.0 Å². The van der Waals surface area contributed by atoms with Crippen molar-refractivity contribution in [1.29, 1.82) is 0 Å². The largest absolute Gasteiger partial charge is 0.399 e. The molecule has 2 aliphatic rings. The zero-order valence-corrected chi connectivity index (χ0v) is 10.8. The van der Waals surface area contributed by atoms with Crippen LogP contribution in [0.15, 0.2) is 18.2 Å². The molecule has 2 N–H and O–H groups in total. The monoisotopic (exact) mass is 261 g/mol. The first-order chi connectivity index (χ1) is 8.78. The molecule has 0 saturated carbocycles. The van der Waals surface area contributed by atoms with Crippen molar-refractivity contribution < 1.29 is 4.74 Å². The van der Waals surface area contributed by atoms with Gasteiger partial charge in [0.1, 0.15) is 0 Å². The first kappa shape index (κ1) is 10.6. The molecule has 0 radical (unpaired) electrons. The fourth-order valence-corrected chi connectivity index (χ4v) is 3.87. The third-order valence-corrected chi connectivity index (χ3v) is 4.79. The summed E-state index contributed by atoms with van der Waals surface area (Å²) in [4.78, 5) is 7.08. The minimum atomic E-state index is 0.404. The fraction of sp³-hybridized carbons (Fsp3) is 0.462. The second kappa shape index (κ2) is 3.83. The summed E-state index contributed by atoms with van der Waals surface area (Å²) in [7, 11) is 0. The number of hydrogen-bond acceptors (Lipinski definition) is 5.